The van der Waals surface area contributed by atoms with Crippen molar-refractivity contribution >= 4 is 38.4 Å². The molecule has 0 saturated carbocycles. The monoisotopic (exact) mass is 327 g/mol. The van der Waals surface area contributed by atoms with Gasteiger partial charge in [0.2, 0.25) is 0 Å². The molecule has 0 saturated heterocycles. The molecule has 0 spiro atoms. The van der Waals surface area contributed by atoms with E-state index in [1.54, 1.807) is 6.20 Å². The summed E-state index contributed by atoms with van der Waals surface area (Å²) < 4.78 is 5.81. The van der Waals surface area contributed by atoms with E-state index in [0.29, 0.717) is 5.02 Å². The number of hydrogen-bond donors (Lipinski definition) is 0. The van der Waals surface area contributed by atoms with Gasteiger partial charge in [0.15, 0.2) is 0 Å². The third-order valence-electron chi connectivity index (χ3n) is 2.70. The molecule has 0 aliphatic rings. The van der Waals surface area contributed by atoms with Crippen molar-refractivity contribution in [3.05, 3.63) is 35.5 Å². The van der Waals surface area contributed by atoms with E-state index in [4.69, 9.17) is 16.3 Å². The number of aromatic nitrogens is 1. The first-order valence-corrected chi connectivity index (χ1v) is 7.54. The SMILES string of the molecule is Clc1ccc2c(OCCCCCBr)ccnc2c1. The van der Waals surface area contributed by atoms with E-state index in [1.165, 1.54) is 12.8 Å². The number of nitrogens with zero attached hydrogens (tertiary/aromatic N) is 1. The summed E-state index contributed by atoms with van der Waals surface area (Å²) in [5.41, 5.74) is 0.875. The van der Waals surface area contributed by atoms with Gasteiger partial charge in [-0.3, -0.25) is 4.98 Å². The standard InChI is InChI=1S/C14H15BrClNO/c15-7-2-1-3-9-18-14-6-8-17-13-10-11(16)4-5-12(13)14/h4-6,8,10H,1-3,7,9H2. The maximum Gasteiger partial charge on any atom is 0.130 e. The summed E-state index contributed by atoms with van der Waals surface area (Å²) in [6.45, 7) is 0.745. The van der Waals surface area contributed by atoms with Crippen LogP contribution in [0.1, 0.15) is 19.3 Å². The predicted octanol–water partition coefficient (Wildman–Crippen LogP) is 4.83. The van der Waals surface area contributed by atoms with Crippen LogP contribution in [-0.2, 0) is 0 Å². The van der Waals surface area contributed by atoms with Gasteiger partial charge >= 0.3 is 0 Å². The Hall–Kier alpha value is -0.800. The fraction of sp³-hybridized carbons (Fsp3) is 0.357. The number of fused-ring (bicyclic) bond motifs is 1. The number of ether oxygens (including phenoxy) is 1. The minimum absolute atomic E-state index is 0.699. The van der Waals surface area contributed by atoms with Gasteiger partial charge in [-0.25, -0.2) is 0 Å². The van der Waals surface area contributed by atoms with Gasteiger partial charge in [-0.05, 0) is 43.5 Å². The van der Waals surface area contributed by atoms with Crippen LogP contribution in [0.25, 0.3) is 10.9 Å². The predicted molar refractivity (Wildman–Crippen MR) is 79.9 cm³/mol. The molecule has 0 aliphatic carbocycles. The Labute approximate surface area is 120 Å². The molecule has 0 unspecified atom stereocenters. The topological polar surface area (TPSA) is 22.1 Å². The molecule has 0 radical (unpaired) electrons. The largest absolute Gasteiger partial charge is 0.493 e. The van der Waals surface area contributed by atoms with Crippen molar-refractivity contribution in [1.82, 2.24) is 4.98 Å². The van der Waals surface area contributed by atoms with E-state index in [9.17, 15) is 0 Å². The average molecular weight is 329 g/mol. The maximum atomic E-state index is 5.95. The Balaban J connectivity index is 2.04. The van der Waals surface area contributed by atoms with Gasteiger partial charge in [-0.15, -0.1) is 0 Å². The third-order valence-corrected chi connectivity index (χ3v) is 3.50. The lowest BCUT2D eigenvalue weighted by atomic mass is 10.2. The van der Waals surface area contributed by atoms with E-state index in [1.807, 2.05) is 24.3 Å². The molecule has 0 aliphatic heterocycles. The summed E-state index contributed by atoms with van der Waals surface area (Å²) in [5, 5.41) is 2.77. The summed E-state index contributed by atoms with van der Waals surface area (Å²) in [6.07, 6.45) is 5.20. The van der Waals surface area contributed by atoms with Crippen LogP contribution in [0.3, 0.4) is 0 Å². The van der Waals surface area contributed by atoms with E-state index in [0.717, 1.165) is 35.0 Å². The highest BCUT2D eigenvalue weighted by Crippen LogP contribution is 2.26. The lowest BCUT2D eigenvalue weighted by molar-refractivity contribution is 0.310. The summed E-state index contributed by atoms with van der Waals surface area (Å²) in [7, 11) is 0. The molecule has 0 bridgehead atoms. The molecule has 0 atom stereocenters. The second-order valence-corrected chi connectivity index (χ2v) is 5.30. The molecule has 0 N–H and O–H groups in total. The molecule has 1 aromatic heterocycles. The molecule has 0 amide bonds. The summed E-state index contributed by atoms with van der Waals surface area (Å²) in [6, 6.07) is 7.58. The zero-order chi connectivity index (χ0) is 12.8. The summed E-state index contributed by atoms with van der Waals surface area (Å²) in [5.74, 6) is 0.885. The van der Waals surface area contributed by atoms with Gasteiger partial charge in [0, 0.05) is 21.9 Å². The van der Waals surface area contributed by atoms with E-state index >= 15 is 0 Å². The number of halogens is 2. The van der Waals surface area contributed by atoms with Gasteiger partial charge in [-0.2, -0.15) is 0 Å². The molecule has 1 heterocycles. The molecule has 2 aromatic rings. The molecule has 2 nitrogen and oxygen atoms in total. The van der Waals surface area contributed by atoms with Crippen LogP contribution in [0.2, 0.25) is 5.02 Å². The minimum Gasteiger partial charge on any atom is -0.493 e. The van der Waals surface area contributed by atoms with Crippen molar-refractivity contribution in [3.8, 4) is 5.75 Å². The normalized spacial score (nSPS) is 10.8. The Morgan fingerprint density at radius 1 is 1.17 bits per heavy atom. The number of pyridine rings is 1. The molecular weight excluding hydrogens is 314 g/mol. The number of alkyl halides is 1. The van der Waals surface area contributed by atoms with Gasteiger partial charge in [0.05, 0.1) is 12.1 Å². The van der Waals surface area contributed by atoms with E-state index in [-0.39, 0.29) is 0 Å². The second kappa shape index (κ2) is 6.95. The molecular formula is C14H15BrClNO. The van der Waals surface area contributed by atoms with Crippen LogP contribution in [0, 0.1) is 0 Å². The highest BCUT2D eigenvalue weighted by molar-refractivity contribution is 9.09. The summed E-state index contributed by atoms with van der Waals surface area (Å²) >= 11 is 9.37. The Morgan fingerprint density at radius 2 is 2.06 bits per heavy atom. The third kappa shape index (κ3) is 3.59. The van der Waals surface area contributed by atoms with E-state index in [2.05, 4.69) is 20.9 Å². The lowest BCUT2D eigenvalue weighted by Gasteiger charge is -2.08. The van der Waals surface area contributed by atoms with E-state index < -0.39 is 0 Å². The molecule has 4 heteroatoms. The smallest absolute Gasteiger partial charge is 0.130 e. The zero-order valence-electron chi connectivity index (χ0n) is 10.0. The van der Waals surface area contributed by atoms with Crippen LogP contribution >= 0.6 is 27.5 Å². The summed E-state index contributed by atoms with van der Waals surface area (Å²) in [4.78, 5) is 4.29. The van der Waals surface area contributed by atoms with Crippen molar-refractivity contribution in [3.63, 3.8) is 0 Å². The van der Waals surface area contributed by atoms with Crippen LogP contribution in [0.15, 0.2) is 30.5 Å². The van der Waals surface area contributed by atoms with Crippen molar-refractivity contribution in [1.29, 1.82) is 0 Å². The fourth-order valence-corrected chi connectivity index (χ4v) is 2.34. The average Bonchev–Trinajstić information content (AvgIpc) is 2.38. The van der Waals surface area contributed by atoms with Crippen molar-refractivity contribution in [2.45, 2.75) is 19.3 Å². The quantitative estimate of drug-likeness (QED) is 0.559. The Kier molecular flexibility index (Phi) is 5.26. The molecule has 96 valence electrons. The van der Waals surface area contributed by atoms with Crippen molar-refractivity contribution < 1.29 is 4.74 Å². The van der Waals surface area contributed by atoms with Gasteiger partial charge in [0.1, 0.15) is 5.75 Å². The highest BCUT2D eigenvalue weighted by Gasteiger charge is 2.03. The van der Waals surface area contributed by atoms with Crippen molar-refractivity contribution in [2.75, 3.05) is 11.9 Å². The van der Waals surface area contributed by atoms with Gasteiger partial charge in [-0.1, -0.05) is 27.5 Å². The Morgan fingerprint density at radius 3 is 2.89 bits per heavy atom. The van der Waals surface area contributed by atoms with Crippen molar-refractivity contribution in [2.24, 2.45) is 0 Å². The first-order valence-electron chi connectivity index (χ1n) is 6.04. The maximum absolute atomic E-state index is 5.95. The van der Waals surface area contributed by atoms with Crippen LogP contribution in [0.4, 0.5) is 0 Å². The number of hydrogen-bond acceptors (Lipinski definition) is 2. The number of rotatable bonds is 6. The minimum atomic E-state index is 0.699. The Bertz CT molecular complexity index is 518. The van der Waals surface area contributed by atoms with Crippen LogP contribution < -0.4 is 4.74 Å². The fourth-order valence-electron chi connectivity index (χ4n) is 1.78. The lowest BCUT2D eigenvalue weighted by Crippen LogP contribution is -1.98. The van der Waals surface area contributed by atoms with Crippen LogP contribution in [-0.4, -0.2) is 16.9 Å². The first kappa shape index (κ1) is 13.6. The van der Waals surface area contributed by atoms with Gasteiger partial charge < -0.3 is 4.74 Å². The molecule has 1 aromatic carbocycles. The molecule has 2 rings (SSSR count). The van der Waals surface area contributed by atoms with Crippen LogP contribution in [0.5, 0.6) is 5.75 Å². The van der Waals surface area contributed by atoms with Gasteiger partial charge in [0.25, 0.3) is 0 Å². The highest BCUT2D eigenvalue weighted by atomic mass is 79.9. The number of unbranched alkanes of at least 4 members (excludes halogenated alkanes) is 2. The second-order valence-electron chi connectivity index (χ2n) is 4.07. The molecule has 0 fully saturated rings. The molecule has 18 heavy (non-hydrogen) atoms. The first-order chi connectivity index (χ1) is 8.81. The number of benzene rings is 1. The zero-order valence-corrected chi connectivity index (χ0v) is 12.4.